The van der Waals surface area contributed by atoms with E-state index in [4.69, 9.17) is 4.74 Å². The van der Waals surface area contributed by atoms with Gasteiger partial charge in [0, 0.05) is 16.3 Å². The van der Waals surface area contributed by atoms with Gasteiger partial charge >= 0.3 is 5.97 Å². The third-order valence-electron chi connectivity index (χ3n) is 5.36. The van der Waals surface area contributed by atoms with Crippen molar-refractivity contribution in [2.45, 2.75) is 27.7 Å². The topological polar surface area (TPSA) is 90.3 Å². The molecule has 0 atom stereocenters. The molecule has 4 aromatic rings. The van der Waals surface area contributed by atoms with Crippen LogP contribution in [-0.4, -0.2) is 28.3 Å². The molecule has 0 radical (unpaired) electrons. The van der Waals surface area contributed by atoms with E-state index in [1.165, 1.54) is 16.0 Å². The van der Waals surface area contributed by atoms with Gasteiger partial charge in [-0.05, 0) is 63.1 Å². The molecule has 168 valence electrons. The molecular formula is C25H23N3O4S. The SMILES string of the molecule is CCOC(=O)c1nn(-c2ccc(C)c(C)c2)c(=O)c2c(NC(=O)c3cccc(C)c3)scc12. The second kappa shape index (κ2) is 8.99. The quantitative estimate of drug-likeness (QED) is 0.431. The van der Waals surface area contributed by atoms with Gasteiger partial charge in [-0.2, -0.15) is 9.78 Å². The minimum atomic E-state index is -0.630. The van der Waals surface area contributed by atoms with E-state index in [1.807, 2.05) is 39.0 Å². The van der Waals surface area contributed by atoms with Crippen LogP contribution in [0.3, 0.4) is 0 Å². The Kier molecular flexibility index (Phi) is 6.11. The van der Waals surface area contributed by atoms with Gasteiger partial charge in [-0.15, -0.1) is 11.3 Å². The number of amides is 1. The minimum absolute atomic E-state index is 0.0250. The lowest BCUT2D eigenvalue weighted by atomic mass is 10.1. The van der Waals surface area contributed by atoms with Crippen LogP contribution < -0.4 is 10.9 Å². The molecule has 4 rings (SSSR count). The molecule has 2 heterocycles. The number of nitrogens with one attached hydrogen (secondary N) is 1. The van der Waals surface area contributed by atoms with Crippen LogP contribution in [0, 0.1) is 20.8 Å². The Morgan fingerprint density at radius 3 is 2.58 bits per heavy atom. The monoisotopic (exact) mass is 461 g/mol. The van der Waals surface area contributed by atoms with E-state index >= 15 is 0 Å². The summed E-state index contributed by atoms with van der Waals surface area (Å²) in [6.45, 7) is 7.69. The molecule has 0 spiro atoms. The zero-order valence-corrected chi connectivity index (χ0v) is 19.6. The van der Waals surface area contributed by atoms with Gasteiger partial charge in [0.2, 0.25) is 0 Å². The molecule has 0 unspecified atom stereocenters. The first kappa shape index (κ1) is 22.4. The first-order valence-electron chi connectivity index (χ1n) is 10.5. The number of ether oxygens (including phenoxy) is 1. The maximum Gasteiger partial charge on any atom is 0.359 e. The van der Waals surface area contributed by atoms with E-state index in [0.717, 1.165) is 16.7 Å². The van der Waals surface area contributed by atoms with Gasteiger partial charge < -0.3 is 10.1 Å². The molecule has 0 saturated heterocycles. The van der Waals surface area contributed by atoms with E-state index in [0.29, 0.717) is 21.6 Å². The Hall–Kier alpha value is -3.78. The highest BCUT2D eigenvalue weighted by atomic mass is 32.1. The molecule has 0 fully saturated rings. The molecule has 1 amide bonds. The number of fused-ring (bicyclic) bond motifs is 1. The average molecular weight is 462 g/mol. The lowest BCUT2D eigenvalue weighted by Gasteiger charge is -2.11. The predicted octanol–water partition coefficient (Wildman–Crippen LogP) is 4.80. The van der Waals surface area contributed by atoms with Gasteiger partial charge in [0.1, 0.15) is 5.00 Å². The van der Waals surface area contributed by atoms with E-state index in [9.17, 15) is 14.4 Å². The zero-order valence-electron chi connectivity index (χ0n) is 18.8. The molecule has 0 bridgehead atoms. The van der Waals surface area contributed by atoms with Crippen molar-refractivity contribution < 1.29 is 14.3 Å². The molecule has 7 nitrogen and oxygen atoms in total. The van der Waals surface area contributed by atoms with E-state index in [1.54, 1.807) is 36.6 Å². The second-order valence-corrected chi connectivity index (χ2v) is 8.61. The summed E-state index contributed by atoms with van der Waals surface area (Å²) >= 11 is 1.17. The number of thiophene rings is 1. The van der Waals surface area contributed by atoms with Gasteiger partial charge in [-0.1, -0.05) is 23.8 Å². The summed E-state index contributed by atoms with van der Waals surface area (Å²) < 4.78 is 6.37. The summed E-state index contributed by atoms with van der Waals surface area (Å²) in [6.07, 6.45) is 0. The molecule has 0 aliphatic heterocycles. The lowest BCUT2D eigenvalue weighted by molar-refractivity contribution is 0.0520. The summed E-state index contributed by atoms with van der Waals surface area (Å²) in [5, 5.41) is 9.75. The van der Waals surface area contributed by atoms with Crippen molar-refractivity contribution in [3.63, 3.8) is 0 Å². The number of anilines is 1. The van der Waals surface area contributed by atoms with Crippen molar-refractivity contribution >= 4 is 39.0 Å². The molecular weight excluding hydrogens is 438 g/mol. The van der Waals surface area contributed by atoms with Crippen LogP contribution in [-0.2, 0) is 4.74 Å². The maximum atomic E-state index is 13.5. The van der Waals surface area contributed by atoms with Gasteiger partial charge in [0.25, 0.3) is 11.5 Å². The van der Waals surface area contributed by atoms with Crippen molar-refractivity contribution in [1.82, 2.24) is 9.78 Å². The molecule has 0 saturated carbocycles. The summed E-state index contributed by atoms with van der Waals surface area (Å²) in [5.41, 5.74) is 3.60. The molecule has 2 aromatic heterocycles. The molecule has 8 heteroatoms. The van der Waals surface area contributed by atoms with Crippen LogP contribution in [0.25, 0.3) is 16.5 Å². The van der Waals surface area contributed by atoms with Crippen LogP contribution in [0.15, 0.2) is 52.6 Å². The largest absolute Gasteiger partial charge is 0.461 e. The Bertz CT molecular complexity index is 1450. The van der Waals surface area contributed by atoms with Gasteiger partial charge in [0.15, 0.2) is 5.69 Å². The number of aryl methyl sites for hydroxylation is 3. The predicted molar refractivity (Wildman–Crippen MR) is 130 cm³/mol. The van der Waals surface area contributed by atoms with Gasteiger partial charge in [0.05, 0.1) is 17.7 Å². The highest BCUT2D eigenvalue weighted by Gasteiger charge is 2.23. The van der Waals surface area contributed by atoms with E-state index in [2.05, 4.69) is 10.4 Å². The number of carbonyl (C=O) groups is 2. The van der Waals surface area contributed by atoms with Gasteiger partial charge in [-0.25, -0.2) is 4.79 Å². The Morgan fingerprint density at radius 1 is 1.09 bits per heavy atom. The lowest BCUT2D eigenvalue weighted by Crippen LogP contribution is -2.25. The first-order chi connectivity index (χ1) is 15.8. The van der Waals surface area contributed by atoms with Crippen LogP contribution in [0.4, 0.5) is 5.00 Å². The number of aromatic nitrogens is 2. The minimum Gasteiger partial charge on any atom is -0.461 e. The first-order valence-corrected chi connectivity index (χ1v) is 11.4. The van der Waals surface area contributed by atoms with E-state index in [-0.39, 0.29) is 23.6 Å². The summed E-state index contributed by atoms with van der Waals surface area (Å²) in [6, 6.07) is 12.7. The van der Waals surface area contributed by atoms with Crippen LogP contribution in [0.2, 0.25) is 0 Å². The average Bonchev–Trinajstić information content (AvgIpc) is 3.20. The fourth-order valence-electron chi connectivity index (χ4n) is 3.49. The number of benzene rings is 2. The standard InChI is InChI=1S/C25H23N3O4S/c1-5-32-25(31)21-19-13-33-23(26-22(29)17-8-6-7-14(2)11-17)20(19)24(30)28(27-21)18-10-9-15(3)16(4)12-18/h6-13H,5H2,1-4H3,(H,26,29). The molecule has 1 N–H and O–H groups in total. The smallest absolute Gasteiger partial charge is 0.359 e. The number of nitrogens with zero attached hydrogens (tertiary/aromatic N) is 2. The fourth-order valence-corrected chi connectivity index (χ4v) is 4.42. The number of esters is 1. The van der Waals surface area contributed by atoms with Crippen molar-refractivity contribution in [2.75, 3.05) is 11.9 Å². The normalized spacial score (nSPS) is 10.9. The van der Waals surface area contributed by atoms with Crippen LogP contribution >= 0.6 is 11.3 Å². The van der Waals surface area contributed by atoms with Crippen molar-refractivity contribution in [3.8, 4) is 5.69 Å². The van der Waals surface area contributed by atoms with Crippen molar-refractivity contribution in [2.24, 2.45) is 0 Å². The second-order valence-electron chi connectivity index (χ2n) is 7.73. The highest BCUT2D eigenvalue weighted by molar-refractivity contribution is 7.16. The van der Waals surface area contributed by atoms with E-state index < -0.39 is 11.5 Å². The maximum absolute atomic E-state index is 13.5. The third kappa shape index (κ3) is 4.29. The summed E-state index contributed by atoms with van der Waals surface area (Å²) in [7, 11) is 0. The highest BCUT2D eigenvalue weighted by Crippen LogP contribution is 2.31. The third-order valence-corrected chi connectivity index (χ3v) is 6.26. The van der Waals surface area contributed by atoms with Crippen molar-refractivity contribution in [3.05, 3.63) is 86.1 Å². The fraction of sp³-hybridized carbons (Fsp3) is 0.200. The van der Waals surface area contributed by atoms with Gasteiger partial charge in [-0.3, -0.25) is 9.59 Å². The summed E-state index contributed by atoms with van der Waals surface area (Å²) in [4.78, 5) is 39.1. The number of hydrogen-bond donors (Lipinski definition) is 1. The Balaban J connectivity index is 1.90. The Labute approximate surface area is 194 Å². The zero-order chi connectivity index (χ0) is 23.7. The molecule has 2 aromatic carbocycles. The number of hydrogen-bond acceptors (Lipinski definition) is 6. The molecule has 0 aliphatic rings. The molecule has 0 aliphatic carbocycles. The Morgan fingerprint density at radius 2 is 1.88 bits per heavy atom. The number of rotatable bonds is 5. The molecule has 33 heavy (non-hydrogen) atoms. The van der Waals surface area contributed by atoms with Crippen molar-refractivity contribution in [1.29, 1.82) is 0 Å². The van der Waals surface area contributed by atoms with Crippen LogP contribution in [0.5, 0.6) is 0 Å². The van der Waals surface area contributed by atoms with Crippen LogP contribution in [0.1, 0.15) is 44.5 Å². The number of carbonyl (C=O) groups excluding carboxylic acids is 2. The summed E-state index contributed by atoms with van der Waals surface area (Å²) in [5.74, 6) is -0.969.